The largest absolute Gasteiger partial charge is 0.349 e. The van der Waals surface area contributed by atoms with Gasteiger partial charge in [0.05, 0.1) is 0 Å². The van der Waals surface area contributed by atoms with Crippen molar-refractivity contribution in [3.8, 4) is 6.26 Å². The first-order valence-electron chi connectivity index (χ1n) is 3.93. The lowest BCUT2D eigenvalue weighted by molar-refractivity contribution is -0.147. The van der Waals surface area contributed by atoms with Crippen molar-refractivity contribution in [1.29, 1.82) is 5.26 Å². The van der Waals surface area contributed by atoms with Crippen molar-refractivity contribution in [3.05, 3.63) is 0 Å². The van der Waals surface area contributed by atoms with Crippen LogP contribution in [0, 0.1) is 11.5 Å². The molecule has 0 radical (unpaired) electrons. The van der Waals surface area contributed by atoms with Crippen LogP contribution in [0.5, 0.6) is 0 Å². The van der Waals surface area contributed by atoms with Crippen LogP contribution in [0.15, 0.2) is 0 Å². The molecule has 0 spiro atoms. The van der Waals surface area contributed by atoms with Gasteiger partial charge >= 0.3 is 5.97 Å². The van der Waals surface area contributed by atoms with Gasteiger partial charge in [-0.3, -0.25) is 4.90 Å². The average Bonchev–Trinajstić information content (AvgIpc) is 2.34. The van der Waals surface area contributed by atoms with E-state index < -0.39 is 11.5 Å². The minimum atomic E-state index is -0.588. The lowest BCUT2D eigenvalue weighted by Gasteiger charge is -2.27. The molecule has 12 heavy (non-hydrogen) atoms. The molecule has 0 N–H and O–H groups in total. The second kappa shape index (κ2) is 3.11. The maximum Gasteiger partial charge on any atom is 0.341 e. The predicted molar refractivity (Wildman–Crippen MR) is 42.0 cm³/mol. The molecule has 4 heteroatoms. The molecule has 0 aromatic rings. The van der Waals surface area contributed by atoms with E-state index in [-0.39, 0.29) is 0 Å². The van der Waals surface area contributed by atoms with Crippen LogP contribution in [0.2, 0.25) is 0 Å². The van der Waals surface area contributed by atoms with Crippen LogP contribution in [0.25, 0.3) is 0 Å². The molecule has 1 aliphatic heterocycles. The number of likely N-dealkylation sites (N-methyl/N-ethyl adjacent to an activating group) is 1. The van der Waals surface area contributed by atoms with E-state index in [4.69, 9.17) is 5.26 Å². The first-order chi connectivity index (χ1) is 5.61. The number of carbonyl (C=O) groups is 1. The highest BCUT2D eigenvalue weighted by atomic mass is 16.5. The van der Waals surface area contributed by atoms with Gasteiger partial charge in [-0.2, -0.15) is 0 Å². The molecule has 66 valence electrons. The summed E-state index contributed by atoms with van der Waals surface area (Å²) < 4.78 is 4.32. The summed E-state index contributed by atoms with van der Waals surface area (Å²) in [5, 5.41) is 8.19. The fourth-order valence-corrected chi connectivity index (χ4v) is 1.51. The molecule has 1 saturated heterocycles. The van der Waals surface area contributed by atoms with Crippen molar-refractivity contribution in [3.63, 3.8) is 0 Å². The van der Waals surface area contributed by atoms with Gasteiger partial charge in [0.1, 0.15) is 5.54 Å². The lowest BCUT2D eigenvalue weighted by Crippen LogP contribution is -2.46. The van der Waals surface area contributed by atoms with Gasteiger partial charge in [-0.15, -0.1) is 5.26 Å². The Morgan fingerprint density at radius 3 is 2.83 bits per heavy atom. The normalized spacial score (nSPS) is 29.8. The topological polar surface area (TPSA) is 53.3 Å². The van der Waals surface area contributed by atoms with Gasteiger partial charge in [-0.05, 0) is 33.4 Å². The summed E-state index contributed by atoms with van der Waals surface area (Å²) in [7, 11) is 1.87. The SMILES string of the molecule is CN1CCCC1(C)C(=O)OC#N. The summed E-state index contributed by atoms with van der Waals surface area (Å²) in [6.45, 7) is 2.69. The second-order valence-corrected chi connectivity index (χ2v) is 3.28. The van der Waals surface area contributed by atoms with E-state index in [1.165, 1.54) is 6.26 Å². The molecular weight excluding hydrogens is 156 g/mol. The van der Waals surface area contributed by atoms with Gasteiger partial charge in [0.2, 0.25) is 0 Å². The van der Waals surface area contributed by atoms with Gasteiger partial charge in [-0.25, -0.2) is 4.79 Å². The second-order valence-electron chi connectivity index (χ2n) is 3.28. The van der Waals surface area contributed by atoms with Crippen molar-refractivity contribution in [1.82, 2.24) is 4.90 Å². The van der Waals surface area contributed by atoms with E-state index in [0.29, 0.717) is 0 Å². The Bertz CT molecular complexity index is 234. The molecular formula is C8H12N2O2. The fraction of sp³-hybridized carbons (Fsp3) is 0.750. The maximum atomic E-state index is 11.3. The molecule has 0 aromatic carbocycles. The quantitative estimate of drug-likeness (QED) is 0.422. The summed E-state index contributed by atoms with van der Waals surface area (Å²) in [5.41, 5.74) is -0.588. The monoisotopic (exact) mass is 168 g/mol. The zero-order valence-electron chi connectivity index (χ0n) is 7.33. The predicted octanol–water partition coefficient (Wildman–Crippen LogP) is 0.495. The van der Waals surface area contributed by atoms with Crippen LogP contribution < -0.4 is 0 Å². The number of nitrogens with zero attached hydrogens (tertiary/aromatic N) is 2. The summed E-state index contributed by atoms with van der Waals surface area (Å²) >= 11 is 0. The molecule has 1 heterocycles. The molecule has 0 bridgehead atoms. The molecule has 0 saturated carbocycles. The molecule has 1 atom stereocenters. The summed E-state index contributed by atoms with van der Waals surface area (Å²) in [6, 6.07) is 0. The van der Waals surface area contributed by atoms with E-state index in [9.17, 15) is 4.79 Å². The Hall–Kier alpha value is -1.08. The molecule has 1 unspecified atom stereocenters. The van der Waals surface area contributed by atoms with Gasteiger partial charge < -0.3 is 4.74 Å². The third-order valence-corrected chi connectivity index (χ3v) is 2.58. The van der Waals surface area contributed by atoms with Gasteiger partial charge in [-0.1, -0.05) is 0 Å². The van der Waals surface area contributed by atoms with Gasteiger partial charge in [0.15, 0.2) is 0 Å². The number of rotatable bonds is 1. The molecule has 4 nitrogen and oxygen atoms in total. The lowest BCUT2D eigenvalue weighted by atomic mass is 10.00. The Morgan fingerprint density at radius 1 is 1.75 bits per heavy atom. The van der Waals surface area contributed by atoms with Crippen LogP contribution in [-0.4, -0.2) is 30.0 Å². The van der Waals surface area contributed by atoms with Crippen LogP contribution in [0.3, 0.4) is 0 Å². The Balaban J connectivity index is 2.71. The summed E-state index contributed by atoms with van der Waals surface area (Å²) in [5.74, 6) is -0.440. The number of esters is 1. The van der Waals surface area contributed by atoms with Crippen LogP contribution in [0.4, 0.5) is 0 Å². The molecule has 1 fully saturated rings. The number of nitriles is 1. The number of carbonyl (C=O) groups excluding carboxylic acids is 1. The van der Waals surface area contributed by atoms with Crippen molar-refractivity contribution in [2.45, 2.75) is 25.3 Å². The summed E-state index contributed by atoms with van der Waals surface area (Å²) in [4.78, 5) is 13.2. The van der Waals surface area contributed by atoms with Gasteiger partial charge in [0.25, 0.3) is 6.26 Å². The highest BCUT2D eigenvalue weighted by Gasteiger charge is 2.42. The van der Waals surface area contributed by atoms with Gasteiger partial charge in [0, 0.05) is 0 Å². The Morgan fingerprint density at radius 2 is 2.42 bits per heavy atom. The smallest absolute Gasteiger partial charge is 0.341 e. The van der Waals surface area contributed by atoms with Crippen LogP contribution >= 0.6 is 0 Å². The fourth-order valence-electron chi connectivity index (χ4n) is 1.51. The van der Waals surface area contributed by atoms with Crippen molar-refractivity contribution in [2.75, 3.05) is 13.6 Å². The third-order valence-electron chi connectivity index (χ3n) is 2.58. The summed E-state index contributed by atoms with van der Waals surface area (Å²) in [6.07, 6.45) is 3.16. The standard InChI is InChI=1S/C8H12N2O2/c1-8(7(11)12-6-9)4-3-5-10(8)2/h3-5H2,1-2H3. The Kier molecular flexibility index (Phi) is 2.34. The van der Waals surface area contributed by atoms with Crippen molar-refractivity contribution >= 4 is 5.97 Å². The van der Waals surface area contributed by atoms with Crippen LogP contribution in [0.1, 0.15) is 19.8 Å². The van der Waals surface area contributed by atoms with Crippen LogP contribution in [-0.2, 0) is 9.53 Å². The number of ether oxygens (including phenoxy) is 1. The molecule has 0 aromatic heterocycles. The maximum absolute atomic E-state index is 11.3. The van der Waals surface area contributed by atoms with E-state index in [1.54, 1.807) is 6.92 Å². The number of hydrogen-bond acceptors (Lipinski definition) is 4. The van der Waals surface area contributed by atoms with E-state index in [0.717, 1.165) is 19.4 Å². The third kappa shape index (κ3) is 1.28. The highest BCUT2D eigenvalue weighted by molar-refractivity contribution is 5.81. The van der Waals surface area contributed by atoms with E-state index in [1.807, 2.05) is 11.9 Å². The minimum absolute atomic E-state index is 0.440. The van der Waals surface area contributed by atoms with E-state index in [2.05, 4.69) is 4.74 Å². The molecule has 1 aliphatic rings. The minimum Gasteiger partial charge on any atom is -0.349 e. The number of likely N-dealkylation sites (tertiary alicyclic amines) is 1. The molecule has 0 aliphatic carbocycles. The van der Waals surface area contributed by atoms with Crippen molar-refractivity contribution < 1.29 is 9.53 Å². The Labute approximate surface area is 71.7 Å². The molecule has 0 amide bonds. The first-order valence-corrected chi connectivity index (χ1v) is 3.93. The highest BCUT2D eigenvalue weighted by Crippen LogP contribution is 2.28. The molecule has 1 rings (SSSR count). The first kappa shape index (κ1) is 9.01. The zero-order chi connectivity index (χ0) is 9.19. The number of hydrogen-bond donors (Lipinski definition) is 0. The van der Waals surface area contributed by atoms with E-state index >= 15 is 0 Å². The average molecular weight is 168 g/mol. The van der Waals surface area contributed by atoms with Crippen molar-refractivity contribution in [2.24, 2.45) is 0 Å². The zero-order valence-corrected chi connectivity index (χ0v) is 7.33.